The molecule has 8 atom stereocenters. The van der Waals surface area contributed by atoms with E-state index in [0.717, 1.165) is 108 Å². The number of pyridine rings is 1. The molecule has 85 heavy (non-hydrogen) atoms. The molecule has 6 saturated heterocycles. The Balaban J connectivity index is 0.630. The number of aromatic nitrogens is 5. The number of benzene rings is 3. The first-order valence-electron chi connectivity index (χ1n) is 30.4. The average Bonchev–Trinajstić information content (AvgIpc) is 3.30. The Morgan fingerprint density at radius 3 is 2.45 bits per heavy atom. The van der Waals surface area contributed by atoms with Crippen molar-refractivity contribution in [1.29, 1.82) is 0 Å². The number of piperazine rings is 2. The van der Waals surface area contributed by atoms with Gasteiger partial charge in [0.05, 0.1) is 39.2 Å². The van der Waals surface area contributed by atoms with Crippen molar-refractivity contribution < 1.29 is 37.9 Å². The molecule has 446 valence electrons. The van der Waals surface area contributed by atoms with Gasteiger partial charge in [-0.1, -0.05) is 86.6 Å². The van der Waals surface area contributed by atoms with E-state index in [9.17, 15) is 19.5 Å². The highest BCUT2D eigenvalue weighted by Gasteiger charge is 2.51. The van der Waals surface area contributed by atoms with Crippen LogP contribution < -0.4 is 25.2 Å². The van der Waals surface area contributed by atoms with Gasteiger partial charge in [0.1, 0.15) is 42.2 Å². The highest BCUT2D eigenvalue weighted by Crippen LogP contribution is 2.44. The van der Waals surface area contributed by atoms with E-state index >= 15 is 4.39 Å². The number of aliphatic hydroxyl groups excluding tert-OH is 1. The summed E-state index contributed by atoms with van der Waals surface area (Å²) < 4.78 is 36.0. The molecule has 21 heteroatoms. The van der Waals surface area contributed by atoms with Crippen molar-refractivity contribution in [2.75, 3.05) is 75.4 Å². The summed E-state index contributed by atoms with van der Waals surface area (Å²) in [6, 6.07) is 21.5. The van der Waals surface area contributed by atoms with E-state index in [1.54, 1.807) is 28.5 Å². The molecular weight excluding hydrogens is 1100 g/mol. The Morgan fingerprint density at radius 1 is 0.929 bits per heavy atom. The highest BCUT2D eigenvalue weighted by molar-refractivity contribution is 7.13. The van der Waals surface area contributed by atoms with E-state index in [-0.39, 0.29) is 78.2 Å². The zero-order valence-corrected chi connectivity index (χ0v) is 49.8. The summed E-state index contributed by atoms with van der Waals surface area (Å²) in [6.45, 7) is 14.5. The van der Waals surface area contributed by atoms with E-state index < -0.39 is 23.9 Å². The van der Waals surface area contributed by atoms with Crippen LogP contribution in [0.2, 0.25) is 0 Å². The van der Waals surface area contributed by atoms with Crippen molar-refractivity contribution in [3.05, 3.63) is 107 Å². The number of hydrogen-bond acceptors (Lipinski definition) is 17. The zero-order chi connectivity index (χ0) is 58.7. The molecule has 4 aromatic heterocycles. The third-order valence-corrected chi connectivity index (χ3v) is 19.9. The summed E-state index contributed by atoms with van der Waals surface area (Å²) in [6.07, 6.45) is 7.16. The first-order chi connectivity index (χ1) is 41.2. The SMILES string of the molecule is CCc1cccc2cccc(-c3ncc4c(N5CC6CCC(C5)N6)nc(OC[C@]56CCCN5[C@H](COC(=O)N5CCN(c7cc([C@H](C(=O)N8C[C@H](O)C[C@H]8C(=O)N[C@@H](C)c8ccc(-c9scnc9C)cc8)C(C)C)on7)CC5)CC6)nc4c3F)c12. The fraction of sp³-hybridized carbons (Fsp3) is 0.500. The lowest BCUT2D eigenvalue weighted by atomic mass is 9.91. The molecular formula is C64H75FN12O7S. The van der Waals surface area contributed by atoms with Gasteiger partial charge in [0, 0.05) is 88.2 Å². The molecule has 3 amide bonds. The predicted octanol–water partition coefficient (Wildman–Crippen LogP) is 8.82. The second-order valence-corrected chi connectivity index (χ2v) is 25.5. The highest BCUT2D eigenvalue weighted by atomic mass is 32.1. The third-order valence-electron chi connectivity index (χ3n) is 18.9. The molecule has 0 radical (unpaired) electrons. The summed E-state index contributed by atoms with van der Waals surface area (Å²) in [5.74, 6) is -0.517. The molecule has 3 aromatic carbocycles. The largest absolute Gasteiger partial charge is 0.461 e. The lowest BCUT2D eigenvalue weighted by Gasteiger charge is -2.36. The van der Waals surface area contributed by atoms with Gasteiger partial charge in [-0.15, -0.1) is 11.3 Å². The number of ether oxygens (including phenoxy) is 2. The first-order valence-corrected chi connectivity index (χ1v) is 31.3. The number of fused-ring (bicyclic) bond motifs is 5. The monoisotopic (exact) mass is 1170 g/mol. The van der Waals surface area contributed by atoms with Gasteiger partial charge >= 0.3 is 12.1 Å². The molecule has 6 aliphatic rings. The quantitative estimate of drug-likeness (QED) is 0.0826. The van der Waals surface area contributed by atoms with Crippen LogP contribution in [0.5, 0.6) is 6.01 Å². The van der Waals surface area contributed by atoms with E-state index in [1.165, 1.54) is 4.90 Å². The smallest absolute Gasteiger partial charge is 0.409 e. The molecule has 0 spiro atoms. The number of nitrogens with one attached hydrogen (secondary N) is 2. The van der Waals surface area contributed by atoms with Crippen molar-refractivity contribution in [2.45, 2.75) is 134 Å². The fourth-order valence-corrected chi connectivity index (χ4v) is 15.3. The number of hydrogen-bond donors (Lipinski definition) is 3. The van der Waals surface area contributed by atoms with E-state index in [2.05, 4.69) is 55.7 Å². The van der Waals surface area contributed by atoms with Gasteiger partial charge < -0.3 is 49.3 Å². The topological polar surface area (TPSA) is 208 Å². The second-order valence-electron chi connectivity index (χ2n) is 24.6. The summed E-state index contributed by atoms with van der Waals surface area (Å²) in [5.41, 5.74) is 6.77. The molecule has 2 unspecified atom stereocenters. The van der Waals surface area contributed by atoms with Crippen molar-refractivity contribution in [2.24, 2.45) is 5.92 Å². The Bertz CT molecular complexity index is 3610. The Kier molecular flexibility index (Phi) is 15.7. The number of halogens is 1. The number of thiazole rings is 1. The van der Waals surface area contributed by atoms with Gasteiger partial charge in [-0.05, 0) is 98.7 Å². The summed E-state index contributed by atoms with van der Waals surface area (Å²) in [4.78, 5) is 72.2. The zero-order valence-electron chi connectivity index (χ0n) is 49.0. The van der Waals surface area contributed by atoms with Crippen LogP contribution in [0, 0.1) is 18.7 Å². The number of rotatable bonds is 16. The molecule has 13 rings (SSSR count). The number of nitrogens with zero attached hydrogens (tertiary/aromatic N) is 10. The van der Waals surface area contributed by atoms with Crippen LogP contribution >= 0.6 is 11.3 Å². The lowest BCUT2D eigenvalue weighted by Crippen LogP contribution is -2.51. The van der Waals surface area contributed by atoms with Gasteiger partial charge in [-0.25, -0.2) is 14.2 Å². The van der Waals surface area contributed by atoms with Crippen LogP contribution in [-0.4, -0.2) is 164 Å². The van der Waals surface area contributed by atoms with Crippen LogP contribution in [0.1, 0.15) is 107 Å². The Morgan fingerprint density at radius 2 is 1.71 bits per heavy atom. The number of aryl methyl sites for hydroxylation is 2. The Labute approximate surface area is 498 Å². The minimum atomic E-state index is -0.859. The molecule has 19 nitrogen and oxygen atoms in total. The van der Waals surface area contributed by atoms with Gasteiger partial charge in [-0.3, -0.25) is 19.5 Å². The van der Waals surface area contributed by atoms with Crippen molar-refractivity contribution in [1.82, 2.24) is 50.4 Å². The fourth-order valence-electron chi connectivity index (χ4n) is 14.5. The number of carbonyl (C=O) groups is 3. The summed E-state index contributed by atoms with van der Waals surface area (Å²) in [5, 5.41) is 24.6. The molecule has 6 fully saturated rings. The summed E-state index contributed by atoms with van der Waals surface area (Å²) >= 11 is 1.58. The maximum atomic E-state index is 17.3. The van der Waals surface area contributed by atoms with E-state index in [0.29, 0.717) is 67.7 Å². The number of β-amino-alcohol motifs (C(OH)–C–C–N with tert-alkyl or cyclic N) is 1. The molecule has 7 aromatic rings. The van der Waals surface area contributed by atoms with Crippen LogP contribution in [0.15, 0.2) is 83.0 Å². The number of likely N-dealkylation sites (tertiary alicyclic amines) is 1. The number of anilines is 2. The van der Waals surface area contributed by atoms with Gasteiger partial charge in [0.15, 0.2) is 17.4 Å². The van der Waals surface area contributed by atoms with Crippen molar-refractivity contribution in [3.63, 3.8) is 0 Å². The predicted molar refractivity (Wildman–Crippen MR) is 323 cm³/mol. The average molecular weight is 1180 g/mol. The number of aliphatic hydroxyl groups is 1. The lowest BCUT2D eigenvalue weighted by molar-refractivity contribution is -0.141. The molecule has 3 N–H and O–H groups in total. The first kappa shape index (κ1) is 56.8. The Hall–Kier alpha value is -7.33. The van der Waals surface area contributed by atoms with Gasteiger partial charge in [0.2, 0.25) is 11.8 Å². The molecule has 0 aliphatic carbocycles. The van der Waals surface area contributed by atoms with Crippen molar-refractivity contribution >= 4 is 62.6 Å². The van der Waals surface area contributed by atoms with Gasteiger partial charge in [0.25, 0.3) is 0 Å². The summed E-state index contributed by atoms with van der Waals surface area (Å²) in [7, 11) is 0. The number of carbonyl (C=O) groups excluding carboxylic acids is 3. The molecule has 10 heterocycles. The minimum absolute atomic E-state index is 0.00495. The standard InChI is InChI=1S/C64H75FN12O7S/c1-6-40-10-7-11-42-12-8-13-48(54(40)42)56-55(65)57-49(30-66-56)59(75-31-44-18-19-45(32-75)69-44)71-62(70-57)83-35-64-21-9-23-77(64)46(20-22-64)34-82-63(81)74-26-24-73(25-27-74)52-29-51(84-72-52)53(37(2)3)61(80)76-33-47(78)28-50(76)60(79)68-38(4)41-14-16-43(17-15-41)58-39(5)67-36-85-58/h7-8,10-17,29-30,36-38,44-47,50,53,69,78H,6,9,18-28,31-35H2,1-5H3,(H,68,79)/t38-,44?,45?,46-,47+,50-,53+,64+/m0/s1. The van der Waals surface area contributed by atoms with E-state index in [1.807, 2.05) is 80.6 Å². The third kappa shape index (κ3) is 10.9. The molecule has 2 bridgehead atoms. The van der Waals surface area contributed by atoms with E-state index in [4.69, 9.17) is 28.9 Å². The molecule has 6 aliphatic heterocycles. The van der Waals surface area contributed by atoms with Crippen LogP contribution in [0.4, 0.5) is 20.8 Å². The normalized spacial score (nSPS) is 24.0. The maximum Gasteiger partial charge on any atom is 0.409 e. The molecule has 0 saturated carbocycles. The minimum Gasteiger partial charge on any atom is -0.461 e. The maximum absolute atomic E-state index is 17.3. The van der Waals surface area contributed by atoms with Gasteiger partial charge in [-0.2, -0.15) is 9.97 Å². The second kappa shape index (κ2) is 23.5. The van der Waals surface area contributed by atoms with Crippen LogP contribution in [0.3, 0.4) is 0 Å². The number of amides is 3. The van der Waals surface area contributed by atoms with Crippen molar-refractivity contribution in [3.8, 4) is 27.7 Å². The van der Waals surface area contributed by atoms with Crippen LogP contribution in [-0.2, 0) is 20.7 Å². The van der Waals surface area contributed by atoms with Crippen LogP contribution in [0.25, 0.3) is 43.4 Å².